The second-order valence-corrected chi connectivity index (χ2v) is 11.0. The summed E-state index contributed by atoms with van der Waals surface area (Å²) in [5.74, 6) is 0.478. The molecule has 0 aliphatic rings. The van der Waals surface area contributed by atoms with E-state index in [2.05, 4.69) is 13.8 Å². The van der Waals surface area contributed by atoms with Crippen LogP contribution < -0.4 is 9.47 Å². The molecule has 0 heterocycles. The summed E-state index contributed by atoms with van der Waals surface area (Å²) >= 11 is 0. The van der Waals surface area contributed by atoms with Crippen LogP contribution in [0.1, 0.15) is 125 Å². The summed E-state index contributed by atoms with van der Waals surface area (Å²) in [5.41, 5.74) is 0.985. The zero-order valence-electron chi connectivity index (χ0n) is 25.3. The van der Waals surface area contributed by atoms with Crippen molar-refractivity contribution in [3.05, 3.63) is 71.8 Å². The van der Waals surface area contributed by atoms with E-state index in [1.165, 1.54) is 64.2 Å². The lowest BCUT2D eigenvalue weighted by molar-refractivity contribution is 0.0319. The molecule has 5 nitrogen and oxygen atoms in total. The Morgan fingerprint density at radius 1 is 0.610 bits per heavy atom. The van der Waals surface area contributed by atoms with Crippen molar-refractivity contribution in [2.24, 2.45) is 0 Å². The van der Waals surface area contributed by atoms with E-state index in [4.69, 9.17) is 14.2 Å². The molecule has 0 bridgehead atoms. The normalized spacial score (nSPS) is 11.8. The number of carbonyl (C=O) groups is 2. The lowest BCUT2D eigenvalue weighted by Gasteiger charge is -2.13. The second-order valence-electron chi connectivity index (χ2n) is 11.0. The molecule has 0 spiro atoms. The third kappa shape index (κ3) is 11.6. The van der Waals surface area contributed by atoms with Crippen LogP contribution in [0.15, 0.2) is 60.7 Å². The lowest BCUT2D eigenvalue weighted by atomic mass is 10.1. The maximum atomic E-state index is 12.7. The van der Waals surface area contributed by atoms with E-state index in [0.29, 0.717) is 23.5 Å². The Labute approximate surface area is 246 Å². The smallest absolute Gasteiger partial charge is 0.343 e. The van der Waals surface area contributed by atoms with Crippen molar-refractivity contribution in [2.45, 2.75) is 110 Å². The molecule has 0 aliphatic carbocycles. The first-order valence-electron chi connectivity index (χ1n) is 15.7. The zero-order chi connectivity index (χ0) is 29.3. The van der Waals surface area contributed by atoms with Crippen LogP contribution in [-0.2, 0) is 4.74 Å². The van der Waals surface area contributed by atoms with Crippen molar-refractivity contribution in [1.29, 1.82) is 0 Å². The summed E-state index contributed by atoms with van der Waals surface area (Å²) in [4.78, 5) is 25.3. The highest BCUT2D eigenvalue weighted by Gasteiger charge is 2.14. The second kappa shape index (κ2) is 18.2. The number of unbranched alkanes of at least 4 members (excludes halogenated alkanes) is 10. The number of hydrogen-bond donors (Lipinski definition) is 0. The third-order valence-corrected chi connectivity index (χ3v) is 7.39. The number of carbonyl (C=O) groups excluding carboxylic acids is 2. The standard InChI is InChI=1S/C36H48O5/c1-4-6-8-10-11-12-13-15-25-39-33-22-19-29(20-23-33)35(37)41-34-24-21-30-26-32(18-17-31(30)27-34)36(38)40-28(3)16-14-9-7-5-2/h17-24,26-28H,4-16,25H2,1-3H3. The van der Waals surface area contributed by atoms with Gasteiger partial charge in [-0.2, -0.15) is 0 Å². The number of fused-ring (bicyclic) bond motifs is 1. The molecule has 0 aromatic heterocycles. The van der Waals surface area contributed by atoms with Gasteiger partial charge in [-0.05, 0) is 85.5 Å². The van der Waals surface area contributed by atoms with Gasteiger partial charge in [0, 0.05) is 0 Å². The summed E-state index contributed by atoms with van der Waals surface area (Å²) in [7, 11) is 0. The van der Waals surface area contributed by atoms with Crippen LogP contribution in [0.4, 0.5) is 0 Å². The van der Waals surface area contributed by atoms with Gasteiger partial charge in [0.15, 0.2) is 0 Å². The van der Waals surface area contributed by atoms with Gasteiger partial charge in [0.2, 0.25) is 0 Å². The van der Waals surface area contributed by atoms with Crippen LogP contribution in [0.3, 0.4) is 0 Å². The number of ether oxygens (including phenoxy) is 3. The number of hydrogen-bond acceptors (Lipinski definition) is 5. The van der Waals surface area contributed by atoms with Gasteiger partial charge in [-0.1, -0.05) is 90.2 Å². The van der Waals surface area contributed by atoms with Gasteiger partial charge in [0.05, 0.1) is 23.8 Å². The first-order valence-corrected chi connectivity index (χ1v) is 15.7. The predicted octanol–water partition coefficient (Wildman–Crippen LogP) is 10.1. The van der Waals surface area contributed by atoms with Crippen molar-refractivity contribution in [3.63, 3.8) is 0 Å². The van der Waals surface area contributed by atoms with Crippen LogP contribution in [0.2, 0.25) is 0 Å². The maximum absolute atomic E-state index is 12.7. The van der Waals surface area contributed by atoms with E-state index < -0.39 is 5.97 Å². The molecule has 0 amide bonds. The highest BCUT2D eigenvalue weighted by atomic mass is 16.5. The maximum Gasteiger partial charge on any atom is 0.343 e. The quantitative estimate of drug-likeness (QED) is 0.0829. The van der Waals surface area contributed by atoms with E-state index in [9.17, 15) is 9.59 Å². The molecular formula is C36H48O5. The fourth-order valence-electron chi connectivity index (χ4n) is 4.86. The molecule has 41 heavy (non-hydrogen) atoms. The first-order chi connectivity index (χ1) is 20.0. The Morgan fingerprint density at radius 2 is 1.17 bits per heavy atom. The van der Waals surface area contributed by atoms with Crippen LogP contribution in [0.5, 0.6) is 11.5 Å². The molecule has 5 heteroatoms. The number of benzene rings is 3. The monoisotopic (exact) mass is 560 g/mol. The van der Waals surface area contributed by atoms with Crippen molar-refractivity contribution in [2.75, 3.05) is 6.61 Å². The molecule has 3 rings (SSSR count). The minimum Gasteiger partial charge on any atom is -0.494 e. The Bertz CT molecular complexity index is 1200. The molecule has 0 N–H and O–H groups in total. The molecule has 0 aliphatic heterocycles. The topological polar surface area (TPSA) is 61.8 Å². The molecule has 0 saturated heterocycles. The summed E-state index contributed by atoms with van der Waals surface area (Å²) < 4.78 is 17.1. The molecule has 3 aromatic rings. The van der Waals surface area contributed by atoms with Crippen LogP contribution in [0.25, 0.3) is 10.8 Å². The molecular weight excluding hydrogens is 512 g/mol. The largest absolute Gasteiger partial charge is 0.494 e. The minimum atomic E-state index is -0.424. The lowest BCUT2D eigenvalue weighted by Crippen LogP contribution is -2.15. The summed E-state index contributed by atoms with van der Waals surface area (Å²) in [6.45, 7) is 7.06. The molecule has 222 valence electrons. The Kier molecular flexibility index (Phi) is 14.3. The fraction of sp³-hybridized carbons (Fsp3) is 0.500. The summed E-state index contributed by atoms with van der Waals surface area (Å²) in [6.07, 6.45) is 15.5. The number of rotatable bonds is 19. The molecule has 0 saturated carbocycles. The van der Waals surface area contributed by atoms with Gasteiger partial charge in [-0.3, -0.25) is 0 Å². The van der Waals surface area contributed by atoms with E-state index in [0.717, 1.165) is 35.8 Å². The summed E-state index contributed by atoms with van der Waals surface area (Å²) in [5, 5.41) is 1.76. The Balaban J connectivity index is 1.44. The van der Waals surface area contributed by atoms with Crippen molar-refractivity contribution < 1.29 is 23.8 Å². The third-order valence-electron chi connectivity index (χ3n) is 7.39. The predicted molar refractivity (Wildman–Crippen MR) is 167 cm³/mol. The summed E-state index contributed by atoms with van der Waals surface area (Å²) in [6, 6.07) is 17.9. The van der Waals surface area contributed by atoms with Gasteiger partial charge in [0.25, 0.3) is 0 Å². The van der Waals surface area contributed by atoms with Crippen LogP contribution in [-0.4, -0.2) is 24.6 Å². The SMILES string of the molecule is CCCCCCCCCCOc1ccc(C(=O)Oc2ccc3cc(C(=O)OC(C)CCCCCC)ccc3c2)cc1. The van der Waals surface area contributed by atoms with E-state index in [1.54, 1.807) is 30.3 Å². The molecule has 1 atom stereocenters. The van der Waals surface area contributed by atoms with Gasteiger partial charge < -0.3 is 14.2 Å². The van der Waals surface area contributed by atoms with Gasteiger partial charge in [0.1, 0.15) is 11.5 Å². The van der Waals surface area contributed by atoms with Crippen LogP contribution in [0, 0.1) is 0 Å². The highest BCUT2D eigenvalue weighted by Crippen LogP contribution is 2.24. The van der Waals surface area contributed by atoms with Crippen LogP contribution >= 0.6 is 0 Å². The fourth-order valence-corrected chi connectivity index (χ4v) is 4.86. The molecule has 0 radical (unpaired) electrons. The van der Waals surface area contributed by atoms with Gasteiger partial charge in [-0.25, -0.2) is 9.59 Å². The number of esters is 2. The molecule has 0 fully saturated rings. The average Bonchev–Trinajstić information content (AvgIpc) is 2.98. The first kappa shape index (κ1) is 32.2. The average molecular weight is 561 g/mol. The molecule has 1 unspecified atom stereocenters. The van der Waals surface area contributed by atoms with Crippen molar-refractivity contribution >= 4 is 22.7 Å². The zero-order valence-corrected chi connectivity index (χ0v) is 25.3. The van der Waals surface area contributed by atoms with E-state index >= 15 is 0 Å². The van der Waals surface area contributed by atoms with Gasteiger partial charge in [-0.15, -0.1) is 0 Å². The van der Waals surface area contributed by atoms with E-state index in [1.807, 2.05) is 37.3 Å². The van der Waals surface area contributed by atoms with Gasteiger partial charge >= 0.3 is 11.9 Å². The minimum absolute atomic E-state index is 0.104. The van der Waals surface area contributed by atoms with Crippen molar-refractivity contribution in [1.82, 2.24) is 0 Å². The molecule has 3 aromatic carbocycles. The highest BCUT2D eigenvalue weighted by molar-refractivity contribution is 5.96. The van der Waals surface area contributed by atoms with E-state index in [-0.39, 0.29) is 12.1 Å². The Hall–Kier alpha value is -3.34. The Morgan fingerprint density at radius 3 is 1.88 bits per heavy atom. The van der Waals surface area contributed by atoms with Crippen molar-refractivity contribution in [3.8, 4) is 11.5 Å².